The van der Waals surface area contributed by atoms with E-state index in [2.05, 4.69) is 0 Å². The van der Waals surface area contributed by atoms with E-state index in [0.29, 0.717) is 13.1 Å². The third-order valence-electron chi connectivity index (χ3n) is 2.51. The van der Waals surface area contributed by atoms with Gasteiger partial charge in [-0.2, -0.15) is 13.2 Å². The van der Waals surface area contributed by atoms with Gasteiger partial charge in [0.15, 0.2) is 0 Å². The highest BCUT2D eigenvalue weighted by atomic mass is 19.4. The maximum absolute atomic E-state index is 12.6. The van der Waals surface area contributed by atoms with Gasteiger partial charge in [-0.05, 0) is 12.1 Å². The molecule has 0 bridgehead atoms. The van der Waals surface area contributed by atoms with E-state index in [1.807, 2.05) is 0 Å². The third-order valence-corrected chi connectivity index (χ3v) is 2.51. The standard InChI is InChI=1S/C10H11F3N2/c11-10(12,13)8-3-1-2-4-9(8)15-6-7(15)5-14/h1-4,7H,5-6,14H2. The molecule has 2 rings (SSSR count). The van der Waals surface area contributed by atoms with Crippen LogP contribution in [0, 0.1) is 0 Å². The second-order valence-corrected chi connectivity index (χ2v) is 3.56. The van der Waals surface area contributed by atoms with Crippen molar-refractivity contribution in [2.24, 2.45) is 5.73 Å². The number of anilines is 1. The average Bonchev–Trinajstić information content (AvgIpc) is 2.95. The van der Waals surface area contributed by atoms with Crippen LogP contribution in [0.25, 0.3) is 0 Å². The molecule has 1 aliphatic rings. The summed E-state index contributed by atoms with van der Waals surface area (Å²) in [5.74, 6) is 0. The summed E-state index contributed by atoms with van der Waals surface area (Å²) in [7, 11) is 0. The predicted octanol–water partition coefficient (Wildman–Crippen LogP) is 1.85. The Morgan fingerprint density at radius 1 is 1.33 bits per heavy atom. The number of alkyl halides is 3. The van der Waals surface area contributed by atoms with Crippen LogP contribution in [0.3, 0.4) is 0 Å². The molecule has 82 valence electrons. The summed E-state index contributed by atoms with van der Waals surface area (Å²) < 4.78 is 37.8. The summed E-state index contributed by atoms with van der Waals surface area (Å²) in [6.45, 7) is 1.01. The summed E-state index contributed by atoms with van der Waals surface area (Å²) in [5.41, 5.74) is 5.05. The molecule has 0 aromatic heterocycles. The van der Waals surface area contributed by atoms with E-state index in [4.69, 9.17) is 5.73 Å². The molecule has 1 heterocycles. The summed E-state index contributed by atoms with van der Waals surface area (Å²) in [6, 6.07) is 5.65. The van der Waals surface area contributed by atoms with Gasteiger partial charge in [-0.15, -0.1) is 0 Å². The first-order chi connectivity index (χ1) is 7.04. The molecule has 1 unspecified atom stereocenters. The summed E-state index contributed by atoms with van der Waals surface area (Å²) in [5, 5.41) is 0. The van der Waals surface area contributed by atoms with Crippen molar-refractivity contribution in [3.8, 4) is 0 Å². The van der Waals surface area contributed by atoms with Crippen molar-refractivity contribution in [3.63, 3.8) is 0 Å². The van der Waals surface area contributed by atoms with Crippen molar-refractivity contribution in [1.29, 1.82) is 0 Å². The fourth-order valence-corrected chi connectivity index (χ4v) is 1.64. The zero-order chi connectivity index (χ0) is 11.1. The number of benzene rings is 1. The van der Waals surface area contributed by atoms with Crippen molar-refractivity contribution >= 4 is 5.69 Å². The zero-order valence-electron chi connectivity index (χ0n) is 7.96. The lowest BCUT2D eigenvalue weighted by Crippen LogP contribution is -2.15. The van der Waals surface area contributed by atoms with Crippen molar-refractivity contribution in [2.45, 2.75) is 12.2 Å². The summed E-state index contributed by atoms with van der Waals surface area (Å²) in [4.78, 5) is 1.67. The van der Waals surface area contributed by atoms with Gasteiger partial charge in [-0.1, -0.05) is 12.1 Å². The zero-order valence-corrected chi connectivity index (χ0v) is 7.96. The van der Waals surface area contributed by atoms with E-state index in [1.165, 1.54) is 12.1 Å². The largest absolute Gasteiger partial charge is 0.418 e. The number of hydrogen-bond acceptors (Lipinski definition) is 2. The first-order valence-electron chi connectivity index (χ1n) is 4.67. The van der Waals surface area contributed by atoms with Crippen molar-refractivity contribution in [3.05, 3.63) is 29.8 Å². The second-order valence-electron chi connectivity index (χ2n) is 3.56. The van der Waals surface area contributed by atoms with E-state index in [-0.39, 0.29) is 11.7 Å². The van der Waals surface area contributed by atoms with Crippen LogP contribution in [-0.4, -0.2) is 19.1 Å². The molecule has 2 N–H and O–H groups in total. The van der Waals surface area contributed by atoms with Crippen molar-refractivity contribution in [1.82, 2.24) is 0 Å². The molecule has 0 amide bonds. The predicted molar refractivity (Wildman–Crippen MR) is 51.6 cm³/mol. The molecule has 2 nitrogen and oxygen atoms in total. The minimum atomic E-state index is -4.29. The topological polar surface area (TPSA) is 29.0 Å². The smallest absolute Gasteiger partial charge is 0.363 e. The highest BCUT2D eigenvalue weighted by molar-refractivity contribution is 5.60. The van der Waals surface area contributed by atoms with E-state index in [0.717, 1.165) is 6.07 Å². The third kappa shape index (κ3) is 1.92. The molecule has 15 heavy (non-hydrogen) atoms. The fraction of sp³-hybridized carbons (Fsp3) is 0.400. The van der Waals surface area contributed by atoms with Crippen molar-refractivity contribution < 1.29 is 13.2 Å². The minimum Gasteiger partial charge on any atom is -0.363 e. The second kappa shape index (κ2) is 3.41. The molecule has 0 saturated carbocycles. The molecule has 5 heteroatoms. The van der Waals surface area contributed by atoms with Crippen LogP contribution in [0.15, 0.2) is 24.3 Å². The molecular formula is C10H11F3N2. The number of halogens is 3. The van der Waals surface area contributed by atoms with Gasteiger partial charge in [0, 0.05) is 18.8 Å². The molecule has 1 fully saturated rings. The van der Waals surface area contributed by atoms with Gasteiger partial charge in [0.2, 0.25) is 0 Å². The Hall–Kier alpha value is -1.23. The fourth-order valence-electron chi connectivity index (χ4n) is 1.64. The Balaban J connectivity index is 2.32. The number of hydrogen-bond donors (Lipinski definition) is 1. The van der Waals surface area contributed by atoms with Crippen LogP contribution >= 0.6 is 0 Å². The number of nitrogens with two attached hydrogens (primary N) is 1. The Kier molecular flexibility index (Phi) is 2.34. The molecule has 0 radical (unpaired) electrons. The van der Waals surface area contributed by atoms with Gasteiger partial charge < -0.3 is 10.6 Å². The number of nitrogens with zero attached hydrogens (tertiary/aromatic N) is 1. The highest BCUT2D eigenvalue weighted by Gasteiger charge is 2.40. The first-order valence-corrected chi connectivity index (χ1v) is 4.67. The first kappa shape index (κ1) is 10.3. The quantitative estimate of drug-likeness (QED) is 0.764. The van der Waals surface area contributed by atoms with Crippen LogP contribution in [0.2, 0.25) is 0 Å². The Labute approximate surface area is 85.5 Å². The van der Waals surface area contributed by atoms with Crippen LogP contribution in [0.4, 0.5) is 18.9 Å². The number of rotatable bonds is 2. The van der Waals surface area contributed by atoms with Gasteiger partial charge in [0.25, 0.3) is 0 Å². The van der Waals surface area contributed by atoms with E-state index in [9.17, 15) is 13.2 Å². The van der Waals surface area contributed by atoms with Gasteiger partial charge >= 0.3 is 6.18 Å². The lowest BCUT2D eigenvalue weighted by Gasteiger charge is -2.14. The summed E-state index contributed by atoms with van der Waals surface area (Å²) >= 11 is 0. The maximum atomic E-state index is 12.6. The SMILES string of the molecule is NCC1CN1c1ccccc1C(F)(F)F. The molecule has 1 aromatic carbocycles. The monoisotopic (exact) mass is 216 g/mol. The van der Waals surface area contributed by atoms with E-state index >= 15 is 0 Å². The lowest BCUT2D eigenvalue weighted by atomic mass is 10.1. The Morgan fingerprint density at radius 2 is 2.00 bits per heavy atom. The van der Waals surface area contributed by atoms with E-state index in [1.54, 1.807) is 11.0 Å². The van der Waals surface area contributed by atoms with Gasteiger partial charge in [-0.3, -0.25) is 0 Å². The highest BCUT2D eigenvalue weighted by Crippen LogP contribution is 2.39. The minimum absolute atomic E-state index is 0.0634. The van der Waals surface area contributed by atoms with Crippen molar-refractivity contribution in [2.75, 3.05) is 18.0 Å². The average molecular weight is 216 g/mol. The maximum Gasteiger partial charge on any atom is 0.418 e. The molecule has 0 spiro atoms. The molecule has 0 aliphatic carbocycles. The van der Waals surface area contributed by atoms with Crippen LogP contribution in [0.1, 0.15) is 5.56 Å². The molecule has 1 saturated heterocycles. The molecule has 1 atom stereocenters. The van der Waals surface area contributed by atoms with Gasteiger partial charge in [0.05, 0.1) is 11.6 Å². The molecular weight excluding hydrogens is 205 g/mol. The number of para-hydroxylation sites is 1. The molecule has 1 aliphatic heterocycles. The van der Waals surface area contributed by atoms with Crippen LogP contribution in [-0.2, 0) is 6.18 Å². The normalized spacial score (nSPS) is 20.5. The van der Waals surface area contributed by atoms with E-state index < -0.39 is 11.7 Å². The summed E-state index contributed by atoms with van der Waals surface area (Å²) in [6.07, 6.45) is -4.29. The van der Waals surface area contributed by atoms with Gasteiger partial charge in [-0.25, -0.2) is 0 Å². The Bertz CT molecular complexity index is 362. The van der Waals surface area contributed by atoms with Crippen LogP contribution in [0.5, 0.6) is 0 Å². The lowest BCUT2D eigenvalue weighted by molar-refractivity contribution is -0.137. The Morgan fingerprint density at radius 3 is 2.53 bits per heavy atom. The van der Waals surface area contributed by atoms with Gasteiger partial charge in [0.1, 0.15) is 0 Å². The molecule has 1 aromatic rings. The van der Waals surface area contributed by atoms with Crippen LogP contribution < -0.4 is 10.6 Å².